The first-order chi connectivity index (χ1) is 9.24. The van der Waals surface area contributed by atoms with Crippen LogP contribution in [0.4, 0.5) is 0 Å². The third-order valence-electron chi connectivity index (χ3n) is 3.80. The van der Waals surface area contributed by atoms with Gasteiger partial charge in [-0.2, -0.15) is 0 Å². The Hall–Kier alpha value is -1.39. The minimum Gasteiger partial charge on any atom is -0.492 e. The Labute approximate surface area is 113 Å². The average Bonchev–Trinajstić information content (AvgIpc) is 2.43. The molecule has 2 aliphatic heterocycles. The van der Waals surface area contributed by atoms with Gasteiger partial charge in [-0.1, -0.05) is 6.07 Å². The van der Waals surface area contributed by atoms with Gasteiger partial charge in [0.1, 0.15) is 5.75 Å². The van der Waals surface area contributed by atoms with Crippen molar-refractivity contribution in [1.82, 2.24) is 4.90 Å². The summed E-state index contributed by atoms with van der Waals surface area (Å²) < 4.78 is 11.1. The first-order valence-electron chi connectivity index (χ1n) is 6.82. The molecule has 19 heavy (non-hydrogen) atoms. The number of hydrogen-bond acceptors (Lipinski definition) is 4. The second-order valence-corrected chi connectivity index (χ2v) is 5.28. The molecule has 0 amide bonds. The van der Waals surface area contributed by atoms with E-state index in [0.29, 0.717) is 6.61 Å². The molecule has 2 heterocycles. The molecule has 0 N–H and O–H groups in total. The van der Waals surface area contributed by atoms with E-state index >= 15 is 0 Å². The summed E-state index contributed by atoms with van der Waals surface area (Å²) in [5.41, 5.74) is 1.85. The van der Waals surface area contributed by atoms with Crippen LogP contribution in [-0.4, -0.2) is 50.1 Å². The minimum absolute atomic E-state index is 0.0479. The van der Waals surface area contributed by atoms with Crippen molar-refractivity contribution in [2.45, 2.75) is 6.92 Å². The van der Waals surface area contributed by atoms with Crippen molar-refractivity contribution in [1.29, 1.82) is 0 Å². The first kappa shape index (κ1) is 12.6. The maximum atomic E-state index is 12.5. The molecule has 2 aliphatic rings. The van der Waals surface area contributed by atoms with Gasteiger partial charge >= 0.3 is 0 Å². The van der Waals surface area contributed by atoms with Crippen LogP contribution in [0.3, 0.4) is 0 Å². The van der Waals surface area contributed by atoms with Crippen LogP contribution < -0.4 is 4.74 Å². The van der Waals surface area contributed by atoms with E-state index in [4.69, 9.17) is 9.47 Å². The fourth-order valence-electron chi connectivity index (χ4n) is 2.67. The van der Waals surface area contributed by atoms with Crippen LogP contribution in [0.15, 0.2) is 18.2 Å². The predicted octanol–water partition coefficient (Wildman–Crippen LogP) is 1.52. The molecule has 1 saturated heterocycles. The van der Waals surface area contributed by atoms with E-state index in [1.807, 2.05) is 25.1 Å². The molecule has 102 valence electrons. The van der Waals surface area contributed by atoms with E-state index in [1.54, 1.807) is 0 Å². The van der Waals surface area contributed by atoms with Gasteiger partial charge in [-0.15, -0.1) is 0 Å². The highest BCUT2D eigenvalue weighted by Gasteiger charge is 2.30. The lowest BCUT2D eigenvalue weighted by molar-refractivity contribution is 0.0250. The summed E-state index contributed by atoms with van der Waals surface area (Å²) >= 11 is 0. The van der Waals surface area contributed by atoms with Crippen molar-refractivity contribution in [3.8, 4) is 5.75 Å². The molecule has 1 aromatic rings. The molecule has 3 rings (SSSR count). The number of ketones is 1. The number of ether oxygens (including phenoxy) is 2. The standard InChI is InChI=1S/C15H19NO3/c1-11-2-3-13-14(8-11)19-10-12(15(13)17)9-16-4-6-18-7-5-16/h2-3,8,12H,4-7,9-10H2,1H3. The Morgan fingerprint density at radius 1 is 1.32 bits per heavy atom. The van der Waals surface area contributed by atoms with Crippen molar-refractivity contribution in [2.75, 3.05) is 39.5 Å². The van der Waals surface area contributed by atoms with E-state index < -0.39 is 0 Å². The SMILES string of the molecule is Cc1ccc2c(c1)OCC(CN1CCOCC1)C2=O. The Kier molecular flexibility index (Phi) is 3.53. The molecule has 1 fully saturated rings. The fraction of sp³-hybridized carbons (Fsp3) is 0.533. The lowest BCUT2D eigenvalue weighted by Crippen LogP contribution is -2.43. The van der Waals surface area contributed by atoms with Crippen LogP contribution in [0.5, 0.6) is 5.75 Å². The molecule has 0 aliphatic carbocycles. The Morgan fingerprint density at radius 3 is 2.89 bits per heavy atom. The smallest absolute Gasteiger partial charge is 0.174 e. The molecule has 0 saturated carbocycles. The summed E-state index contributed by atoms with van der Waals surface area (Å²) in [7, 11) is 0. The molecule has 0 bridgehead atoms. The molecule has 0 radical (unpaired) electrons. The van der Waals surface area contributed by atoms with E-state index in [-0.39, 0.29) is 11.7 Å². The first-order valence-corrected chi connectivity index (χ1v) is 6.82. The number of carbonyl (C=O) groups is 1. The summed E-state index contributed by atoms with van der Waals surface area (Å²) in [6.07, 6.45) is 0. The number of Topliss-reactive ketones (excluding diaryl/α,β-unsaturated/α-hetero) is 1. The van der Waals surface area contributed by atoms with Crippen LogP contribution in [0, 0.1) is 12.8 Å². The van der Waals surface area contributed by atoms with Gasteiger partial charge in [0, 0.05) is 19.6 Å². The minimum atomic E-state index is -0.0479. The van der Waals surface area contributed by atoms with Gasteiger partial charge in [-0.05, 0) is 24.6 Å². The van der Waals surface area contributed by atoms with Crippen LogP contribution in [0.1, 0.15) is 15.9 Å². The summed E-state index contributed by atoms with van der Waals surface area (Å²) in [4.78, 5) is 14.8. The van der Waals surface area contributed by atoms with Gasteiger partial charge in [0.2, 0.25) is 0 Å². The zero-order valence-electron chi connectivity index (χ0n) is 11.2. The Balaban J connectivity index is 1.72. The maximum absolute atomic E-state index is 12.5. The highest BCUT2D eigenvalue weighted by atomic mass is 16.5. The number of benzene rings is 1. The molecule has 0 spiro atoms. The second kappa shape index (κ2) is 5.31. The lowest BCUT2D eigenvalue weighted by atomic mass is 9.93. The van der Waals surface area contributed by atoms with E-state index in [0.717, 1.165) is 49.7 Å². The van der Waals surface area contributed by atoms with Crippen LogP contribution in [-0.2, 0) is 4.74 Å². The van der Waals surface area contributed by atoms with Gasteiger partial charge in [0.25, 0.3) is 0 Å². The normalized spacial score (nSPS) is 23.8. The fourth-order valence-corrected chi connectivity index (χ4v) is 2.67. The van der Waals surface area contributed by atoms with Gasteiger partial charge in [0.15, 0.2) is 5.78 Å². The Morgan fingerprint density at radius 2 is 2.11 bits per heavy atom. The zero-order valence-corrected chi connectivity index (χ0v) is 11.2. The summed E-state index contributed by atoms with van der Waals surface area (Å²) in [6, 6.07) is 5.80. The number of aryl methyl sites for hydroxylation is 1. The molecule has 4 nitrogen and oxygen atoms in total. The van der Waals surface area contributed by atoms with E-state index in [9.17, 15) is 4.79 Å². The summed E-state index contributed by atoms with van der Waals surface area (Å²) in [6.45, 7) is 6.61. The Bertz CT molecular complexity index is 480. The third-order valence-corrected chi connectivity index (χ3v) is 3.80. The molecule has 0 aromatic heterocycles. The van der Waals surface area contributed by atoms with Crippen molar-refractivity contribution >= 4 is 5.78 Å². The number of carbonyl (C=O) groups excluding carboxylic acids is 1. The number of hydrogen-bond donors (Lipinski definition) is 0. The van der Waals surface area contributed by atoms with E-state index in [2.05, 4.69) is 4.90 Å². The number of nitrogens with zero attached hydrogens (tertiary/aromatic N) is 1. The van der Waals surface area contributed by atoms with Crippen LogP contribution in [0.2, 0.25) is 0 Å². The van der Waals surface area contributed by atoms with Crippen molar-refractivity contribution in [2.24, 2.45) is 5.92 Å². The summed E-state index contributed by atoms with van der Waals surface area (Å²) in [5, 5.41) is 0. The number of rotatable bonds is 2. The lowest BCUT2D eigenvalue weighted by Gasteiger charge is -2.32. The third kappa shape index (κ3) is 2.65. The van der Waals surface area contributed by atoms with Crippen molar-refractivity contribution < 1.29 is 14.3 Å². The maximum Gasteiger partial charge on any atom is 0.174 e. The highest BCUT2D eigenvalue weighted by Crippen LogP contribution is 2.28. The number of fused-ring (bicyclic) bond motifs is 1. The van der Waals surface area contributed by atoms with Crippen LogP contribution >= 0.6 is 0 Å². The quantitative estimate of drug-likeness (QED) is 0.809. The monoisotopic (exact) mass is 261 g/mol. The second-order valence-electron chi connectivity index (χ2n) is 5.28. The molecular weight excluding hydrogens is 242 g/mol. The van der Waals surface area contributed by atoms with Crippen molar-refractivity contribution in [3.63, 3.8) is 0 Å². The average molecular weight is 261 g/mol. The van der Waals surface area contributed by atoms with Crippen molar-refractivity contribution in [3.05, 3.63) is 29.3 Å². The highest BCUT2D eigenvalue weighted by molar-refractivity contribution is 6.01. The summed E-state index contributed by atoms with van der Waals surface area (Å²) in [5.74, 6) is 0.907. The molecule has 4 heteroatoms. The molecule has 1 aromatic carbocycles. The predicted molar refractivity (Wildman–Crippen MR) is 71.8 cm³/mol. The van der Waals surface area contributed by atoms with Crippen LogP contribution in [0.25, 0.3) is 0 Å². The molecule has 1 unspecified atom stereocenters. The zero-order chi connectivity index (χ0) is 13.2. The number of morpholine rings is 1. The van der Waals surface area contributed by atoms with E-state index in [1.165, 1.54) is 0 Å². The molecular formula is C15H19NO3. The van der Waals surface area contributed by atoms with Gasteiger partial charge < -0.3 is 9.47 Å². The van der Waals surface area contributed by atoms with Gasteiger partial charge in [-0.3, -0.25) is 9.69 Å². The largest absolute Gasteiger partial charge is 0.492 e. The topological polar surface area (TPSA) is 38.8 Å². The molecule has 1 atom stereocenters. The van der Waals surface area contributed by atoms with Gasteiger partial charge in [0.05, 0.1) is 31.3 Å². The van der Waals surface area contributed by atoms with Gasteiger partial charge in [-0.25, -0.2) is 0 Å².